The number of methoxy groups -OCH3 is 1. The largest absolute Gasteiger partial charge is 0.465 e. The first kappa shape index (κ1) is 19.5. The number of rotatable bonds is 7. The van der Waals surface area contributed by atoms with Gasteiger partial charge >= 0.3 is 5.97 Å². The van der Waals surface area contributed by atoms with Crippen LogP contribution in [0.4, 0.5) is 11.4 Å². The third-order valence-corrected chi connectivity index (χ3v) is 4.76. The van der Waals surface area contributed by atoms with Crippen molar-refractivity contribution < 1.29 is 9.53 Å². The van der Waals surface area contributed by atoms with Gasteiger partial charge in [0.15, 0.2) is 0 Å². The lowest BCUT2D eigenvalue weighted by molar-refractivity contribution is 0.0600. The monoisotopic (exact) mass is 374 g/mol. The number of benzene rings is 3. The summed E-state index contributed by atoms with van der Waals surface area (Å²) in [4.78, 5) is 14.2. The van der Waals surface area contributed by atoms with E-state index in [0.717, 1.165) is 23.5 Å². The van der Waals surface area contributed by atoms with Crippen molar-refractivity contribution in [2.24, 2.45) is 0 Å². The first-order valence-corrected chi connectivity index (χ1v) is 9.34. The van der Waals surface area contributed by atoms with E-state index in [1.165, 1.54) is 12.7 Å². The van der Waals surface area contributed by atoms with Crippen molar-refractivity contribution >= 4 is 17.3 Å². The van der Waals surface area contributed by atoms with Crippen molar-refractivity contribution in [3.8, 4) is 0 Å². The number of ether oxygens (including phenoxy) is 1. The highest BCUT2D eigenvalue weighted by Gasteiger charge is 2.17. The van der Waals surface area contributed by atoms with Crippen LogP contribution in [0.5, 0.6) is 0 Å². The molecule has 4 heteroatoms. The average molecular weight is 374 g/mol. The minimum absolute atomic E-state index is 0.00157. The molecule has 0 bridgehead atoms. The van der Waals surface area contributed by atoms with Gasteiger partial charge in [-0.3, -0.25) is 0 Å². The van der Waals surface area contributed by atoms with Gasteiger partial charge in [0.25, 0.3) is 0 Å². The van der Waals surface area contributed by atoms with E-state index in [1.807, 2.05) is 48.5 Å². The number of para-hydroxylation sites is 1. The van der Waals surface area contributed by atoms with Crippen molar-refractivity contribution in [2.75, 3.05) is 30.9 Å². The number of hydrogen-bond acceptors (Lipinski definition) is 4. The van der Waals surface area contributed by atoms with Gasteiger partial charge < -0.3 is 15.0 Å². The SMILES string of the molecule is COC(=O)c1cccc(C(CN(C)c2ccc(C)cc2)Nc2ccccc2)c1. The highest BCUT2D eigenvalue weighted by molar-refractivity contribution is 5.89. The van der Waals surface area contributed by atoms with Gasteiger partial charge in [0.1, 0.15) is 0 Å². The third kappa shape index (κ3) is 4.92. The molecule has 28 heavy (non-hydrogen) atoms. The zero-order valence-corrected chi connectivity index (χ0v) is 16.6. The summed E-state index contributed by atoms with van der Waals surface area (Å²) >= 11 is 0. The molecule has 0 aromatic heterocycles. The number of nitrogens with one attached hydrogen (secondary N) is 1. The average Bonchev–Trinajstić information content (AvgIpc) is 2.74. The van der Waals surface area contributed by atoms with Crippen LogP contribution in [0.3, 0.4) is 0 Å². The van der Waals surface area contributed by atoms with Crippen LogP contribution in [0, 0.1) is 6.92 Å². The summed E-state index contributed by atoms with van der Waals surface area (Å²) in [5.41, 5.74) is 5.01. The molecule has 0 saturated carbocycles. The van der Waals surface area contributed by atoms with Crippen LogP contribution in [-0.2, 0) is 4.74 Å². The van der Waals surface area contributed by atoms with Gasteiger partial charge in [0.05, 0.1) is 18.7 Å². The van der Waals surface area contributed by atoms with Gasteiger partial charge in [0, 0.05) is 25.0 Å². The molecule has 0 saturated heterocycles. The molecule has 1 atom stereocenters. The number of anilines is 2. The predicted molar refractivity (Wildman–Crippen MR) is 115 cm³/mol. The number of nitrogens with zero attached hydrogens (tertiary/aromatic N) is 1. The lowest BCUT2D eigenvalue weighted by Gasteiger charge is -2.28. The maximum absolute atomic E-state index is 12.0. The van der Waals surface area contributed by atoms with E-state index in [9.17, 15) is 4.79 Å². The molecule has 0 spiro atoms. The maximum atomic E-state index is 12.0. The third-order valence-electron chi connectivity index (χ3n) is 4.76. The molecule has 0 aliphatic rings. The van der Waals surface area contributed by atoms with Crippen LogP contribution < -0.4 is 10.2 Å². The molecule has 0 amide bonds. The standard InChI is InChI=1S/C24H26N2O2/c1-18-12-14-22(15-13-18)26(2)17-23(25-21-10-5-4-6-11-21)19-8-7-9-20(16-19)24(27)28-3/h4-16,23,25H,17H2,1-3H3. The molecular weight excluding hydrogens is 348 g/mol. The summed E-state index contributed by atoms with van der Waals surface area (Å²) in [6, 6.07) is 26.2. The van der Waals surface area contributed by atoms with E-state index in [4.69, 9.17) is 4.74 Å². The number of carbonyl (C=O) groups is 1. The normalized spacial score (nSPS) is 11.5. The fourth-order valence-electron chi connectivity index (χ4n) is 3.15. The van der Waals surface area contributed by atoms with E-state index >= 15 is 0 Å². The molecule has 3 rings (SSSR count). The number of aryl methyl sites for hydroxylation is 1. The molecule has 1 unspecified atom stereocenters. The van der Waals surface area contributed by atoms with Crippen LogP contribution >= 0.6 is 0 Å². The number of carbonyl (C=O) groups excluding carboxylic acids is 1. The van der Waals surface area contributed by atoms with Gasteiger partial charge in [-0.1, -0.05) is 48.0 Å². The molecule has 0 aliphatic carbocycles. The Hall–Kier alpha value is -3.27. The van der Waals surface area contributed by atoms with Crippen LogP contribution in [0.15, 0.2) is 78.9 Å². The zero-order valence-electron chi connectivity index (χ0n) is 16.6. The Balaban J connectivity index is 1.88. The second-order valence-electron chi connectivity index (χ2n) is 6.90. The van der Waals surface area contributed by atoms with Crippen LogP contribution in [0.25, 0.3) is 0 Å². The molecule has 4 nitrogen and oxygen atoms in total. The summed E-state index contributed by atoms with van der Waals surface area (Å²) in [6.07, 6.45) is 0. The first-order valence-electron chi connectivity index (χ1n) is 9.34. The van der Waals surface area contributed by atoms with E-state index in [-0.39, 0.29) is 12.0 Å². The number of esters is 1. The molecular formula is C24H26N2O2. The minimum atomic E-state index is -0.327. The maximum Gasteiger partial charge on any atom is 0.337 e. The fourth-order valence-corrected chi connectivity index (χ4v) is 3.15. The highest BCUT2D eigenvalue weighted by Crippen LogP contribution is 2.24. The predicted octanol–water partition coefficient (Wildman–Crippen LogP) is 5.07. The topological polar surface area (TPSA) is 41.6 Å². The van der Waals surface area contributed by atoms with Crippen molar-refractivity contribution in [1.82, 2.24) is 0 Å². The summed E-state index contributed by atoms with van der Waals surface area (Å²) in [6.45, 7) is 2.82. The molecule has 3 aromatic carbocycles. The van der Waals surface area contributed by atoms with Crippen molar-refractivity contribution in [3.05, 3.63) is 95.6 Å². The van der Waals surface area contributed by atoms with Gasteiger partial charge in [-0.2, -0.15) is 0 Å². The summed E-state index contributed by atoms with van der Waals surface area (Å²) in [5.74, 6) is -0.327. The molecule has 1 N–H and O–H groups in total. The molecule has 3 aromatic rings. The van der Waals surface area contributed by atoms with E-state index in [1.54, 1.807) is 6.07 Å². The smallest absolute Gasteiger partial charge is 0.337 e. The Kier molecular flexibility index (Phi) is 6.33. The van der Waals surface area contributed by atoms with Gasteiger partial charge in [-0.05, 0) is 48.9 Å². The van der Waals surface area contributed by atoms with Gasteiger partial charge in [0.2, 0.25) is 0 Å². The van der Waals surface area contributed by atoms with Crippen molar-refractivity contribution in [2.45, 2.75) is 13.0 Å². The number of hydrogen-bond donors (Lipinski definition) is 1. The van der Waals surface area contributed by atoms with E-state index in [0.29, 0.717) is 5.56 Å². The lowest BCUT2D eigenvalue weighted by Crippen LogP contribution is -2.28. The van der Waals surface area contributed by atoms with Crippen molar-refractivity contribution in [3.63, 3.8) is 0 Å². The minimum Gasteiger partial charge on any atom is -0.465 e. The Morgan fingerprint density at radius 1 is 1.00 bits per heavy atom. The van der Waals surface area contributed by atoms with Crippen molar-refractivity contribution in [1.29, 1.82) is 0 Å². The molecule has 0 fully saturated rings. The molecule has 0 radical (unpaired) electrons. The Labute approximate surface area is 166 Å². The van der Waals surface area contributed by atoms with Gasteiger partial charge in [-0.25, -0.2) is 4.79 Å². The summed E-state index contributed by atoms with van der Waals surface area (Å²) in [7, 11) is 3.48. The number of likely N-dealkylation sites (N-methyl/N-ethyl adjacent to an activating group) is 1. The highest BCUT2D eigenvalue weighted by atomic mass is 16.5. The molecule has 144 valence electrons. The zero-order chi connectivity index (χ0) is 19.9. The second kappa shape index (κ2) is 9.09. The molecule has 0 aliphatic heterocycles. The Morgan fingerprint density at radius 3 is 2.39 bits per heavy atom. The van der Waals surface area contributed by atoms with Crippen LogP contribution in [0.1, 0.15) is 27.5 Å². The summed E-state index contributed by atoms with van der Waals surface area (Å²) < 4.78 is 4.88. The second-order valence-corrected chi connectivity index (χ2v) is 6.90. The van der Waals surface area contributed by atoms with Crippen LogP contribution in [-0.4, -0.2) is 26.7 Å². The Morgan fingerprint density at radius 2 is 1.71 bits per heavy atom. The fraction of sp³-hybridized carbons (Fsp3) is 0.208. The van der Waals surface area contributed by atoms with E-state index < -0.39 is 0 Å². The van der Waals surface area contributed by atoms with Crippen LogP contribution in [0.2, 0.25) is 0 Å². The molecule has 0 heterocycles. The van der Waals surface area contributed by atoms with E-state index in [2.05, 4.69) is 48.5 Å². The lowest BCUT2D eigenvalue weighted by atomic mass is 10.0. The summed E-state index contributed by atoms with van der Waals surface area (Å²) in [5, 5.41) is 3.60. The van der Waals surface area contributed by atoms with Gasteiger partial charge in [-0.15, -0.1) is 0 Å². The quantitative estimate of drug-likeness (QED) is 0.586. The first-order chi connectivity index (χ1) is 13.6. The Bertz CT molecular complexity index is 907.